The summed E-state index contributed by atoms with van der Waals surface area (Å²) in [6.07, 6.45) is 6.93. The molecule has 9 rings (SSSR count). The third-order valence-electron chi connectivity index (χ3n) is 15.0. The lowest BCUT2D eigenvalue weighted by molar-refractivity contribution is -0.178. The van der Waals surface area contributed by atoms with Crippen LogP contribution >= 0.6 is 11.3 Å². The summed E-state index contributed by atoms with van der Waals surface area (Å²) in [6, 6.07) is 25.9. The molecular formula is C48H55NO6S. The summed E-state index contributed by atoms with van der Waals surface area (Å²) in [5.74, 6) is -0.818. The van der Waals surface area contributed by atoms with Gasteiger partial charge in [-0.15, -0.1) is 11.3 Å². The Morgan fingerprint density at radius 1 is 0.911 bits per heavy atom. The zero-order valence-corrected chi connectivity index (χ0v) is 34.2. The van der Waals surface area contributed by atoms with Gasteiger partial charge in [0, 0.05) is 27.6 Å². The van der Waals surface area contributed by atoms with Gasteiger partial charge in [-0.05, 0) is 118 Å². The number of aliphatic hydroxyl groups is 2. The molecular weight excluding hydrogens is 719 g/mol. The maximum Gasteiger partial charge on any atom is 0.313 e. The Labute approximate surface area is 334 Å². The molecule has 4 aromatic rings. The molecule has 4 bridgehead atoms. The third-order valence-corrected chi connectivity index (χ3v) is 16.1. The number of ether oxygens (including phenoxy) is 1. The lowest BCUT2D eigenvalue weighted by atomic mass is 9.64. The Balaban J connectivity index is 1.22. The van der Waals surface area contributed by atoms with Crippen LogP contribution < -0.4 is 0 Å². The van der Waals surface area contributed by atoms with Gasteiger partial charge in [0.25, 0.3) is 5.91 Å². The Morgan fingerprint density at radius 2 is 1.66 bits per heavy atom. The second kappa shape index (κ2) is 14.1. The van der Waals surface area contributed by atoms with E-state index in [9.17, 15) is 19.8 Å². The molecule has 2 saturated carbocycles. The average Bonchev–Trinajstić information content (AvgIpc) is 3.82. The van der Waals surface area contributed by atoms with Crippen LogP contribution in [0, 0.1) is 16.2 Å². The largest absolute Gasteiger partial charge is 0.448 e. The average molecular weight is 774 g/mol. The standard InChI is InChI=1S/C48H55NO6S/c1-31-12-11-22-45(4)38(36-20-18-33(26-35(50)19-17-31)27-37(36)41(51)40-28-34-15-9-10-16-39(34)56-40)21-23-47(45,54)30-49(29-32-13-7-6-8-14-32)42(52)48-25-24-46(5,43(53)55-48)44(48,2)3/h6-10,12-16,18,20,27-28,35,38,50,54H,11,17,19,21-26,29-30H2,1-5H3. The van der Waals surface area contributed by atoms with Gasteiger partial charge in [-0.3, -0.25) is 14.4 Å². The van der Waals surface area contributed by atoms with Crippen LogP contribution in [0.15, 0.2) is 90.5 Å². The van der Waals surface area contributed by atoms with Gasteiger partial charge in [0.15, 0.2) is 5.60 Å². The molecule has 0 radical (unpaired) electrons. The first-order valence-electron chi connectivity index (χ1n) is 20.4. The zero-order valence-electron chi connectivity index (χ0n) is 33.4. The zero-order chi connectivity index (χ0) is 39.7. The van der Waals surface area contributed by atoms with E-state index in [2.05, 4.69) is 26.0 Å². The van der Waals surface area contributed by atoms with Crippen molar-refractivity contribution in [2.75, 3.05) is 6.54 Å². The maximum absolute atomic E-state index is 15.2. The van der Waals surface area contributed by atoms with E-state index in [4.69, 9.17) is 4.74 Å². The van der Waals surface area contributed by atoms with Crippen LogP contribution in [0.3, 0.4) is 0 Å². The topological polar surface area (TPSA) is 104 Å². The molecule has 5 aliphatic rings. The maximum atomic E-state index is 15.2. The Hall–Kier alpha value is -4.11. The van der Waals surface area contributed by atoms with Gasteiger partial charge in [0.1, 0.15) is 0 Å². The fourth-order valence-electron chi connectivity index (χ4n) is 10.7. The lowest BCUT2D eigenvalue weighted by Crippen LogP contribution is -2.60. The highest BCUT2D eigenvalue weighted by atomic mass is 32.1. The molecule has 2 N–H and O–H groups in total. The molecule has 3 fully saturated rings. The van der Waals surface area contributed by atoms with Gasteiger partial charge in [-0.2, -0.15) is 0 Å². The molecule has 7 nitrogen and oxygen atoms in total. The lowest BCUT2D eigenvalue weighted by Gasteiger charge is -2.47. The molecule has 4 aliphatic carbocycles. The molecule has 1 aliphatic heterocycles. The minimum absolute atomic E-state index is 0.0484. The van der Waals surface area contributed by atoms with Crippen molar-refractivity contribution in [3.8, 4) is 0 Å². The van der Waals surface area contributed by atoms with Crippen molar-refractivity contribution in [2.45, 2.75) is 122 Å². The first-order chi connectivity index (χ1) is 26.6. The summed E-state index contributed by atoms with van der Waals surface area (Å²) in [5.41, 5.74) is -0.345. The van der Waals surface area contributed by atoms with Crippen molar-refractivity contribution < 1.29 is 29.3 Å². The molecule has 8 heteroatoms. The normalized spacial score (nSPS) is 31.1. The number of carbonyl (C=O) groups is 3. The van der Waals surface area contributed by atoms with Crippen molar-refractivity contribution in [1.82, 2.24) is 4.90 Å². The Morgan fingerprint density at radius 3 is 2.38 bits per heavy atom. The third kappa shape index (κ3) is 6.09. The van der Waals surface area contributed by atoms with Crippen LogP contribution in [-0.2, 0) is 27.3 Å². The van der Waals surface area contributed by atoms with Crippen molar-refractivity contribution in [2.24, 2.45) is 16.2 Å². The number of hydrogen-bond acceptors (Lipinski definition) is 7. The number of hydrogen-bond donors (Lipinski definition) is 2. The van der Waals surface area contributed by atoms with Crippen LogP contribution in [0.4, 0.5) is 0 Å². The Bertz CT molecular complexity index is 2190. The SMILES string of the molecule is CC1=CCCC2(C)C(CCC2(O)CN(Cc2ccccc2)C(=O)C23CCC(C)(C(=O)O2)C3(C)C)c2ccc(cc2C(=O)c2cc3ccccc3s2)CC(O)CC1. The second-order valence-electron chi connectivity index (χ2n) is 18.2. The predicted molar refractivity (Wildman–Crippen MR) is 220 cm³/mol. The molecule has 2 heterocycles. The van der Waals surface area contributed by atoms with Gasteiger partial charge in [0.2, 0.25) is 5.78 Å². The van der Waals surface area contributed by atoms with Gasteiger partial charge in [0.05, 0.1) is 28.5 Å². The number of aliphatic hydroxyl groups excluding tert-OH is 1. The number of allylic oxidation sites excluding steroid dienone is 2. The number of fused-ring (bicyclic) bond motifs is 11. The number of thiophene rings is 1. The minimum Gasteiger partial charge on any atom is -0.448 e. The molecule has 1 saturated heterocycles. The van der Waals surface area contributed by atoms with Gasteiger partial charge in [-0.25, -0.2) is 0 Å². The smallest absolute Gasteiger partial charge is 0.313 e. The van der Waals surface area contributed by atoms with Crippen molar-refractivity contribution in [1.29, 1.82) is 0 Å². The monoisotopic (exact) mass is 773 g/mol. The number of amides is 1. The first-order valence-corrected chi connectivity index (χ1v) is 21.2. The van der Waals surface area contributed by atoms with Gasteiger partial charge in [-0.1, -0.05) is 93.1 Å². The van der Waals surface area contributed by atoms with E-state index in [-0.39, 0.29) is 36.7 Å². The van der Waals surface area contributed by atoms with E-state index < -0.39 is 33.6 Å². The van der Waals surface area contributed by atoms with Gasteiger partial charge >= 0.3 is 5.97 Å². The fourth-order valence-corrected chi connectivity index (χ4v) is 11.7. The molecule has 0 spiro atoms. The highest BCUT2D eigenvalue weighted by Crippen LogP contribution is 2.66. The Kier molecular flexibility index (Phi) is 9.73. The molecule has 6 atom stereocenters. The molecule has 3 aromatic carbocycles. The van der Waals surface area contributed by atoms with Crippen LogP contribution in [0.2, 0.25) is 0 Å². The second-order valence-corrected chi connectivity index (χ2v) is 19.3. The summed E-state index contributed by atoms with van der Waals surface area (Å²) in [6.45, 7) is 10.5. The number of rotatable bonds is 7. The van der Waals surface area contributed by atoms with E-state index >= 15 is 4.79 Å². The quantitative estimate of drug-likeness (QED) is 0.110. The van der Waals surface area contributed by atoms with E-state index in [1.807, 2.05) is 93.6 Å². The van der Waals surface area contributed by atoms with Crippen molar-refractivity contribution in [3.05, 3.63) is 118 Å². The summed E-state index contributed by atoms with van der Waals surface area (Å²) in [4.78, 5) is 45.8. The molecule has 294 valence electrons. The first kappa shape index (κ1) is 38.7. The summed E-state index contributed by atoms with van der Waals surface area (Å²) < 4.78 is 7.21. The summed E-state index contributed by atoms with van der Waals surface area (Å²) in [7, 11) is 0. The number of carbonyl (C=O) groups excluding carboxylic acids is 3. The van der Waals surface area contributed by atoms with Crippen LogP contribution in [0.1, 0.15) is 124 Å². The summed E-state index contributed by atoms with van der Waals surface area (Å²) in [5, 5.41) is 25.5. The highest BCUT2D eigenvalue weighted by Gasteiger charge is 2.76. The van der Waals surface area contributed by atoms with E-state index in [1.54, 1.807) is 4.90 Å². The number of benzene rings is 3. The molecule has 6 unspecified atom stereocenters. The van der Waals surface area contributed by atoms with Gasteiger partial charge < -0.3 is 19.8 Å². The number of nitrogens with zero attached hydrogens (tertiary/aromatic N) is 1. The fraction of sp³-hybridized carbons (Fsp3) is 0.479. The predicted octanol–water partition coefficient (Wildman–Crippen LogP) is 9.32. The van der Waals surface area contributed by atoms with Crippen molar-refractivity contribution >= 4 is 39.1 Å². The van der Waals surface area contributed by atoms with E-state index in [1.165, 1.54) is 16.9 Å². The van der Waals surface area contributed by atoms with E-state index in [0.717, 1.165) is 33.2 Å². The molecule has 1 amide bonds. The van der Waals surface area contributed by atoms with Crippen LogP contribution in [0.5, 0.6) is 0 Å². The minimum atomic E-state index is -1.33. The highest BCUT2D eigenvalue weighted by molar-refractivity contribution is 7.21. The molecule has 1 aromatic heterocycles. The number of ketones is 1. The molecule has 56 heavy (non-hydrogen) atoms. The summed E-state index contributed by atoms with van der Waals surface area (Å²) >= 11 is 1.49. The number of esters is 1. The van der Waals surface area contributed by atoms with E-state index in [0.29, 0.717) is 61.8 Å². The van der Waals surface area contributed by atoms with Crippen LogP contribution in [0.25, 0.3) is 10.1 Å². The van der Waals surface area contributed by atoms with Crippen molar-refractivity contribution in [3.63, 3.8) is 0 Å². The van der Waals surface area contributed by atoms with Crippen LogP contribution in [-0.4, -0.2) is 56.6 Å².